The third-order valence-corrected chi connectivity index (χ3v) is 6.42. The van der Waals surface area contributed by atoms with Crippen LogP contribution in [-0.4, -0.2) is 53.9 Å². The normalized spacial score (nSPS) is 30.5. The predicted molar refractivity (Wildman–Crippen MR) is 80.3 cm³/mol. The molecule has 1 heterocycles. The summed E-state index contributed by atoms with van der Waals surface area (Å²) in [6, 6.07) is 0.965. The molecule has 18 heavy (non-hydrogen) atoms. The fourth-order valence-electron chi connectivity index (χ4n) is 3.84. The minimum absolute atomic E-state index is 0.597. The number of rotatable bonds is 4. The van der Waals surface area contributed by atoms with E-state index in [2.05, 4.69) is 25.7 Å². The van der Waals surface area contributed by atoms with Gasteiger partial charge in [0.2, 0.25) is 0 Å². The Morgan fingerprint density at radius 1 is 0.944 bits per heavy atom. The van der Waals surface area contributed by atoms with E-state index in [0.29, 0.717) is 5.41 Å². The third kappa shape index (κ3) is 3.10. The minimum Gasteiger partial charge on any atom is -0.300 e. The van der Waals surface area contributed by atoms with Crippen LogP contribution in [0.1, 0.15) is 44.9 Å². The molecular weight excluding hydrogens is 288 g/mol. The Labute approximate surface area is 120 Å². The Kier molecular flexibility index (Phi) is 4.32. The third-order valence-electron chi connectivity index (χ3n) is 5.23. The molecule has 3 heteroatoms. The van der Waals surface area contributed by atoms with Gasteiger partial charge in [-0.2, -0.15) is 0 Å². The van der Waals surface area contributed by atoms with E-state index in [9.17, 15) is 0 Å². The van der Waals surface area contributed by atoms with Crippen molar-refractivity contribution in [2.24, 2.45) is 5.41 Å². The lowest BCUT2D eigenvalue weighted by Crippen LogP contribution is -2.51. The molecule has 0 aromatic heterocycles. The fourth-order valence-corrected chi connectivity index (χ4v) is 4.57. The van der Waals surface area contributed by atoms with Crippen molar-refractivity contribution < 1.29 is 0 Å². The summed E-state index contributed by atoms with van der Waals surface area (Å²) in [4.78, 5) is 5.46. The Morgan fingerprint density at radius 2 is 1.61 bits per heavy atom. The van der Waals surface area contributed by atoms with Crippen LogP contribution in [0, 0.1) is 5.41 Å². The lowest BCUT2D eigenvalue weighted by atomic mass is 9.75. The molecule has 0 amide bonds. The summed E-state index contributed by atoms with van der Waals surface area (Å²) in [6.07, 6.45) is 10.2. The van der Waals surface area contributed by atoms with E-state index in [4.69, 9.17) is 0 Å². The Hall–Kier alpha value is 0.400. The number of alkyl halides is 1. The monoisotopic (exact) mass is 314 g/mol. The van der Waals surface area contributed by atoms with E-state index in [1.807, 2.05) is 0 Å². The predicted octanol–water partition coefficient (Wildman–Crippen LogP) is 3.11. The zero-order chi connectivity index (χ0) is 12.4. The van der Waals surface area contributed by atoms with Crippen LogP contribution in [0.5, 0.6) is 0 Å². The molecule has 104 valence electrons. The maximum atomic E-state index is 3.80. The molecule has 3 fully saturated rings. The molecule has 1 aliphatic heterocycles. The topological polar surface area (TPSA) is 6.48 Å². The van der Waals surface area contributed by atoms with Crippen molar-refractivity contribution in [3.05, 3.63) is 0 Å². The van der Waals surface area contributed by atoms with Crippen molar-refractivity contribution >= 4 is 15.9 Å². The van der Waals surface area contributed by atoms with Crippen molar-refractivity contribution in [3.8, 4) is 0 Å². The average molecular weight is 315 g/mol. The first kappa shape index (κ1) is 13.4. The summed E-state index contributed by atoms with van der Waals surface area (Å²) in [5.41, 5.74) is 0.597. The smallest absolute Gasteiger partial charge is 0.0113 e. The minimum atomic E-state index is 0.597. The van der Waals surface area contributed by atoms with Crippen LogP contribution < -0.4 is 0 Å². The molecule has 0 aromatic carbocycles. The zero-order valence-corrected chi connectivity index (χ0v) is 13.1. The van der Waals surface area contributed by atoms with Crippen molar-refractivity contribution in [1.82, 2.24) is 9.80 Å². The molecule has 0 bridgehead atoms. The van der Waals surface area contributed by atoms with E-state index < -0.39 is 0 Å². The number of piperazine rings is 1. The highest BCUT2D eigenvalue weighted by molar-refractivity contribution is 9.09. The molecule has 0 radical (unpaired) electrons. The van der Waals surface area contributed by atoms with E-state index in [1.54, 1.807) is 0 Å². The van der Waals surface area contributed by atoms with Gasteiger partial charge in [0, 0.05) is 44.1 Å². The first-order chi connectivity index (χ1) is 8.81. The number of hydrogen-bond acceptors (Lipinski definition) is 2. The lowest BCUT2D eigenvalue weighted by molar-refractivity contribution is 0.0724. The number of nitrogens with zero attached hydrogens (tertiary/aromatic N) is 2. The van der Waals surface area contributed by atoms with Crippen molar-refractivity contribution in [2.75, 3.05) is 38.1 Å². The van der Waals surface area contributed by atoms with Gasteiger partial charge in [0.25, 0.3) is 0 Å². The highest BCUT2D eigenvalue weighted by atomic mass is 79.9. The molecule has 0 unspecified atom stereocenters. The number of hydrogen-bond donors (Lipinski definition) is 0. The van der Waals surface area contributed by atoms with Gasteiger partial charge >= 0.3 is 0 Å². The summed E-state index contributed by atoms with van der Waals surface area (Å²) in [5.74, 6) is 0. The van der Waals surface area contributed by atoms with Crippen LogP contribution in [0.2, 0.25) is 0 Å². The second kappa shape index (κ2) is 5.80. The standard InChI is InChI=1S/C15H27BrN2/c16-12-15(6-2-1-3-7-15)13-17-8-10-18(11-9-17)14-4-5-14/h14H,1-13H2. The summed E-state index contributed by atoms with van der Waals surface area (Å²) in [6.45, 7) is 6.61. The molecule has 2 saturated carbocycles. The highest BCUT2D eigenvalue weighted by Gasteiger charge is 2.36. The molecule has 1 saturated heterocycles. The van der Waals surface area contributed by atoms with Crippen LogP contribution in [0.25, 0.3) is 0 Å². The Balaban J connectivity index is 1.49. The van der Waals surface area contributed by atoms with Gasteiger partial charge in [-0.05, 0) is 31.1 Å². The molecular formula is C15H27BrN2. The molecule has 3 rings (SSSR count). The van der Waals surface area contributed by atoms with Crippen molar-refractivity contribution in [1.29, 1.82) is 0 Å². The number of halogens is 1. The first-order valence-corrected chi connectivity index (χ1v) is 8.96. The van der Waals surface area contributed by atoms with Gasteiger partial charge < -0.3 is 4.90 Å². The Bertz CT molecular complexity index is 264. The Morgan fingerprint density at radius 3 is 2.17 bits per heavy atom. The SMILES string of the molecule is BrCC1(CN2CCN(C3CC3)CC2)CCCCC1. The highest BCUT2D eigenvalue weighted by Crippen LogP contribution is 2.39. The van der Waals surface area contributed by atoms with E-state index in [-0.39, 0.29) is 0 Å². The van der Waals surface area contributed by atoms with Crippen LogP contribution >= 0.6 is 15.9 Å². The summed E-state index contributed by atoms with van der Waals surface area (Å²) in [5, 5.41) is 1.21. The summed E-state index contributed by atoms with van der Waals surface area (Å²) in [7, 11) is 0. The molecule has 0 aromatic rings. The average Bonchev–Trinajstić information content (AvgIpc) is 3.25. The maximum absolute atomic E-state index is 3.80. The zero-order valence-electron chi connectivity index (χ0n) is 11.5. The van der Waals surface area contributed by atoms with Crippen LogP contribution in [0.3, 0.4) is 0 Å². The van der Waals surface area contributed by atoms with Crippen molar-refractivity contribution in [2.45, 2.75) is 51.0 Å². The molecule has 3 aliphatic rings. The van der Waals surface area contributed by atoms with E-state index in [1.165, 1.54) is 83.0 Å². The molecule has 0 N–H and O–H groups in total. The van der Waals surface area contributed by atoms with Crippen molar-refractivity contribution in [3.63, 3.8) is 0 Å². The fraction of sp³-hybridized carbons (Fsp3) is 1.00. The summed E-state index contributed by atoms with van der Waals surface area (Å²) >= 11 is 3.80. The van der Waals surface area contributed by atoms with Crippen LogP contribution in [0.4, 0.5) is 0 Å². The lowest BCUT2D eigenvalue weighted by Gasteiger charge is -2.43. The second-order valence-electron chi connectivity index (χ2n) is 6.74. The van der Waals surface area contributed by atoms with Crippen LogP contribution in [0.15, 0.2) is 0 Å². The van der Waals surface area contributed by atoms with E-state index >= 15 is 0 Å². The van der Waals surface area contributed by atoms with Gasteiger partial charge in [-0.3, -0.25) is 4.90 Å². The largest absolute Gasteiger partial charge is 0.300 e. The molecule has 2 nitrogen and oxygen atoms in total. The first-order valence-electron chi connectivity index (χ1n) is 7.84. The second-order valence-corrected chi connectivity index (χ2v) is 7.30. The maximum Gasteiger partial charge on any atom is 0.0113 e. The summed E-state index contributed by atoms with van der Waals surface area (Å²) < 4.78 is 0. The molecule has 0 spiro atoms. The van der Waals surface area contributed by atoms with Gasteiger partial charge in [0.15, 0.2) is 0 Å². The van der Waals surface area contributed by atoms with Gasteiger partial charge in [0.1, 0.15) is 0 Å². The molecule has 0 atom stereocenters. The van der Waals surface area contributed by atoms with Gasteiger partial charge in [-0.15, -0.1) is 0 Å². The van der Waals surface area contributed by atoms with E-state index in [0.717, 1.165) is 6.04 Å². The molecule has 2 aliphatic carbocycles. The van der Waals surface area contributed by atoms with Gasteiger partial charge in [-0.25, -0.2) is 0 Å². The van der Waals surface area contributed by atoms with Gasteiger partial charge in [-0.1, -0.05) is 35.2 Å². The quantitative estimate of drug-likeness (QED) is 0.736. The van der Waals surface area contributed by atoms with Crippen LogP contribution in [-0.2, 0) is 0 Å². The van der Waals surface area contributed by atoms with Gasteiger partial charge in [0.05, 0.1) is 0 Å².